The summed E-state index contributed by atoms with van der Waals surface area (Å²) in [4.78, 5) is 0. The molecule has 1 aromatic rings. The molecule has 0 bridgehead atoms. The van der Waals surface area contributed by atoms with Crippen molar-refractivity contribution in [2.24, 2.45) is 5.73 Å². The van der Waals surface area contributed by atoms with E-state index >= 15 is 0 Å². The van der Waals surface area contributed by atoms with Crippen LogP contribution in [0.3, 0.4) is 0 Å². The zero-order valence-corrected chi connectivity index (χ0v) is 7.10. The van der Waals surface area contributed by atoms with Gasteiger partial charge in [-0.25, -0.2) is 4.39 Å². The van der Waals surface area contributed by atoms with Crippen LogP contribution >= 0.6 is 0 Å². The fraction of sp³-hybridized carbons (Fsp3) is 0.400. The van der Waals surface area contributed by atoms with E-state index in [1.165, 1.54) is 6.07 Å². The van der Waals surface area contributed by atoms with Gasteiger partial charge in [0.15, 0.2) is 0 Å². The minimum absolute atomic E-state index is 0.157. The molecule has 0 amide bonds. The van der Waals surface area contributed by atoms with Crippen LogP contribution in [0.15, 0.2) is 18.2 Å². The summed E-state index contributed by atoms with van der Waals surface area (Å²) < 4.78 is 13.3. The van der Waals surface area contributed by atoms with Crippen LogP contribution in [0.25, 0.3) is 0 Å². The summed E-state index contributed by atoms with van der Waals surface area (Å²) in [6.07, 6.45) is 1.75. The van der Waals surface area contributed by atoms with Crippen LogP contribution < -0.4 is 5.73 Å². The van der Waals surface area contributed by atoms with E-state index in [1.807, 2.05) is 13.0 Å². The molecule has 2 heteroatoms. The second kappa shape index (κ2) is 2.30. The Balaban J connectivity index is 2.64. The van der Waals surface area contributed by atoms with Gasteiger partial charge in [0, 0.05) is 11.1 Å². The normalized spacial score (nSPS) is 27.2. The Labute approximate surface area is 71.4 Å². The predicted molar refractivity (Wildman–Crippen MR) is 46.3 cm³/mol. The summed E-state index contributed by atoms with van der Waals surface area (Å²) in [5, 5.41) is 0. The first-order valence-corrected chi connectivity index (χ1v) is 4.18. The van der Waals surface area contributed by atoms with E-state index in [2.05, 4.69) is 0 Å². The number of benzene rings is 1. The van der Waals surface area contributed by atoms with Crippen LogP contribution in [0.5, 0.6) is 0 Å². The molecular formula is C10H12FN. The number of hydrogen-bond acceptors (Lipinski definition) is 1. The predicted octanol–water partition coefficient (Wildman–Crippen LogP) is 1.95. The zero-order valence-electron chi connectivity index (χ0n) is 7.10. The van der Waals surface area contributed by atoms with Crippen LogP contribution in [-0.4, -0.2) is 0 Å². The van der Waals surface area contributed by atoms with Gasteiger partial charge in [0.25, 0.3) is 0 Å². The first-order valence-electron chi connectivity index (χ1n) is 4.18. The van der Waals surface area contributed by atoms with Crippen LogP contribution in [-0.2, 0) is 12.0 Å². The van der Waals surface area contributed by atoms with E-state index in [0.29, 0.717) is 5.56 Å². The van der Waals surface area contributed by atoms with E-state index in [9.17, 15) is 4.39 Å². The Kier molecular flexibility index (Phi) is 1.48. The largest absolute Gasteiger partial charge is 0.322 e. The monoisotopic (exact) mass is 165 g/mol. The molecule has 1 aromatic carbocycles. The fourth-order valence-electron chi connectivity index (χ4n) is 1.94. The van der Waals surface area contributed by atoms with Crippen LogP contribution in [0.2, 0.25) is 0 Å². The molecule has 1 unspecified atom stereocenters. The maximum absolute atomic E-state index is 13.3. The molecule has 1 aliphatic rings. The Morgan fingerprint density at radius 2 is 2.25 bits per heavy atom. The number of fused-ring (bicyclic) bond motifs is 1. The molecule has 0 saturated heterocycles. The SMILES string of the molecule is CC1(N)CCc2cccc(F)c21. The average Bonchev–Trinajstić information content (AvgIpc) is 2.29. The van der Waals surface area contributed by atoms with Crippen molar-refractivity contribution < 1.29 is 4.39 Å². The summed E-state index contributed by atoms with van der Waals surface area (Å²) in [5.74, 6) is -0.157. The summed E-state index contributed by atoms with van der Waals surface area (Å²) in [6, 6.07) is 5.18. The first kappa shape index (κ1) is 7.74. The highest BCUT2D eigenvalue weighted by atomic mass is 19.1. The van der Waals surface area contributed by atoms with Gasteiger partial charge in [-0.3, -0.25) is 0 Å². The van der Waals surface area contributed by atoms with Crippen LogP contribution in [0, 0.1) is 5.82 Å². The summed E-state index contributed by atoms with van der Waals surface area (Å²) >= 11 is 0. The van der Waals surface area contributed by atoms with Crippen molar-refractivity contribution in [3.8, 4) is 0 Å². The molecular weight excluding hydrogens is 153 g/mol. The zero-order chi connectivity index (χ0) is 8.77. The van der Waals surface area contributed by atoms with Gasteiger partial charge in [-0.1, -0.05) is 12.1 Å². The third-order valence-electron chi connectivity index (χ3n) is 2.58. The van der Waals surface area contributed by atoms with Gasteiger partial charge in [0.2, 0.25) is 0 Å². The quantitative estimate of drug-likeness (QED) is 0.624. The van der Waals surface area contributed by atoms with E-state index in [0.717, 1.165) is 18.4 Å². The smallest absolute Gasteiger partial charge is 0.128 e. The van der Waals surface area contributed by atoms with Crippen molar-refractivity contribution in [1.82, 2.24) is 0 Å². The highest BCUT2D eigenvalue weighted by molar-refractivity contribution is 5.38. The summed E-state index contributed by atoms with van der Waals surface area (Å²) in [7, 11) is 0. The third kappa shape index (κ3) is 0.950. The molecule has 12 heavy (non-hydrogen) atoms. The first-order chi connectivity index (χ1) is 5.61. The van der Waals surface area contributed by atoms with Crippen molar-refractivity contribution in [3.05, 3.63) is 35.1 Å². The number of halogens is 1. The van der Waals surface area contributed by atoms with Gasteiger partial charge in [0.05, 0.1) is 0 Å². The van der Waals surface area contributed by atoms with E-state index < -0.39 is 5.54 Å². The molecule has 64 valence electrons. The molecule has 0 aliphatic heterocycles. The number of hydrogen-bond donors (Lipinski definition) is 1. The molecule has 0 heterocycles. The Morgan fingerprint density at radius 1 is 1.50 bits per heavy atom. The lowest BCUT2D eigenvalue weighted by Gasteiger charge is -2.19. The lowest BCUT2D eigenvalue weighted by Crippen LogP contribution is -2.30. The molecule has 2 N–H and O–H groups in total. The van der Waals surface area contributed by atoms with Crippen molar-refractivity contribution in [3.63, 3.8) is 0 Å². The van der Waals surface area contributed by atoms with Gasteiger partial charge in [-0.15, -0.1) is 0 Å². The van der Waals surface area contributed by atoms with Gasteiger partial charge in [0.1, 0.15) is 5.82 Å². The number of aryl methyl sites for hydroxylation is 1. The van der Waals surface area contributed by atoms with Crippen LogP contribution in [0.4, 0.5) is 4.39 Å². The molecule has 0 saturated carbocycles. The standard InChI is InChI=1S/C10H12FN/c1-10(12)6-5-7-3-2-4-8(11)9(7)10/h2-4H,5-6,12H2,1H3. The second-order valence-corrected chi connectivity index (χ2v) is 3.69. The number of rotatable bonds is 0. The van der Waals surface area contributed by atoms with E-state index in [-0.39, 0.29) is 5.82 Å². The minimum atomic E-state index is -0.458. The van der Waals surface area contributed by atoms with Crippen LogP contribution in [0.1, 0.15) is 24.5 Å². The van der Waals surface area contributed by atoms with Crippen molar-refractivity contribution in [2.45, 2.75) is 25.3 Å². The second-order valence-electron chi connectivity index (χ2n) is 3.69. The molecule has 0 spiro atoms. The molecule has 1 nitrogen and oxygen atoms in total. The lowest BCUT2D eigenvalue weighted by atomic mass is 9.95. The van der Waals surface area contributed by atoms with Gasteiger partial charge in [-0.2, -0.15) is 0 Å². The summed E-state index contributed by atoms with van der Waals surface area (Å²) in [6.45, 7) is 1.89. The van der Waals surface area contributed by atoms with Crippen molar-refractivity contribution >= 4 is 0 Å². The van der Waals surface area contributed by atoms with Gasteiger partial charge in [-0.05, 0) is 31.4 Å². The summed E-state index contributed by atoms with van der Waals surface area (Å²) in [5.41, 5.74) is 7.27. The highest BCUT2D eigenvalue weighted by Crippen LogP contribution is 2.35. The highest BCUT2D eigenvalue weighted by Gasteiger charge is 2.32. The van der Waals surface area contributed by atoms with Crippen molar-refractivity contribution in [1.29, 1.82) is 0 Å². The van der Waals surface area contributed by atoms with Gasteiger partial charge < -0.3 is 5.73 Å². The fourth-order valence-corrected chi connectivity index (χ4v) is 1.94. The molecule has 2 rings (SSSR count). The molecule has 1 aliphatic carbocycles. The lowest BCUT2D eigenvalue weighted by molar-refractivity contribution is 0.464. The van der Waals surface area contributed by atoms with E-state index in [4.69, 9.17) is 5.73 Å². The van der Waals surface area contributed by atoms with Crippen molar-refractivity contribution in [2.75, 3.05) is 0 Å². The number of nitrogens with two attached hydrogens (primary N) is 1. The Morgan fingerprint density at radius 3 is 2.92 bits per heavy atom. The molecule has 0 aromatic heterocycles. The molecule has 0 fully saturated rings. The molecule has 0 radical (unpaired) electrons. The maximum atomic E-state index is 13.3. The van der Waals surface area contributed by atoms with Gasteiger partial charge >= 0.3 is 0 Å². The average molecular weight is 165 g/mol. The van der Waals surface area contributed by atoms with E-state index in [1.54, 1.807) is 6.07 Å². The Bertz CT molecular complexity index is 318. The maximum Gasteiger partial charge on any atom is 0.128 e. The minimum Gasteiger partial charge on any atom is -0.322 e. The topological polar surface area (TPSA) is 26.0 Å². The third-order valence-corrected chi connectivity index (χ3v) is 2.58. The Hall–Kier alpha value is -0.890. The molecule has 1 atom stereocenters.